The average Bonchev–Trinajstić information content (AvgIpc) is 3.22. The van der Waals surface area contributed by atoms with Crippen molar-refractivity contribution < 1.29 is 80.6 Å². The monoisotopic (exact) mass is 834 g/mol. The molecule has 0 radical (unpaired) electrons. The summed E-state index contributed by atoms with van der Waals surface area (Å²) in [6.45, 7) is 0. The van der Waals surface area contributed by atoms with E-state index in [2.05, 4.69) is 0 Å². The molecule has 16 nitrogen and oxygen atoms in total. The molecule has 0 bridgehead atoms. The molecule has 61 heavy (non-hydrogen) atoms. The maximum Gasteiger partial charge on any atom is 0.157 e. The van der Waals surface area contributed by atoms with Crippen LogP contribution in [-0.2, 0) is 6.42 Å². The van der Waals surface area contributed by atoms with Crippen molar-refractivity contribution >= 4 is 0 Å². The zero-order valence-corrected chi connectivity index (χ0v) is 31.5. The summed E-state index contributed by atoms with van der Waals surface area (Å²) in [6, 6.07) is 18.9. The van der Waals surface area contributed by atoms with Crippen molar-refractivity contribution in [3.63, 3.8) is 0 Å². The molecule has 6 aromatic rings. The predicted octanol–water partition coefficient (Wildman–Crippen LogP) is 5.03. The van der Waals surface area contributed by atoms with Gasteiger partial charge in [0.25, 0.3) is 0 Å². The van der Waals surface area contributed by atoms with Crippen LogP contribution in [0, 0.1) is 0 Å². The molecule has 0 aromatic heterocycles. The second kappa shape index (κ2) is 14.4. The highest BCUT2D eigenvalue weighted by atomic mass is 16.5. The van der Waals surface area contributed by atoms with Crippen LogP contribution in [0.4, 0.5) is 0 Å². The molecule has 13 N–H and O–H groups in total. The molecule has 0 spiro atoms. The van der Waals surface area contributed by atoms with E-state index in [0.29, 0.717) is 0 Å². The van der Waals surface area contributed by atoms with Crippen LogP contribution in [0.2, 0.25) is 0 Å². The maximum atomic E-state index is 12.9. The van der Waals surface area contributed by atoms with Crippen molar-refractivity contribution in [1.82, 2.24) is 0 Å². The summed E-state index contributed by atoms with van der Waals surface area (Å²) in [5.41, 5.74) is 0.566. The topological polar surface area (TPSA) is 291 Å². The van der Waals surface area contributed by atoms with Gasteiger partial charge in [-0.05, 0) is 65.2 Å². The van der Waals surface area contributed by atoms with Gasteiger partial charge in [0.05, 0.1) is 6.10 Å². The molecule has 0 saturated carbocycles. The molecule has 0 fully saturated rings. The van der Waals surface area contributed by atoms with Gasteiger partial charge in [-0.2, -0.15) is 0 Å². The van der Waals surface area contributed by atoms with E-state index >= 15 is 0 Å². The number of ether oxygens (including phenoxy) is 3. The van der Waals surface area contributed by atoms with Crippen LogP contribution in [0.3, 0.4) is 0 Å². The van der Waals surface area contributed by atoms with Gasteiger partial charge in [-0.25, -0.2) is 0 Å². The molecular weight excluding hydrogens is 796 g/mol. The Balaban J connectivity index is 1.34. The van der Waals surface area contributed by atoms with E-state index in [-0.39, 0.29) is 79.7 Å². The van der Waals surface area contributed by atoms with Crippen molar-refractivity contribution in [2.75, 3.05) is 0 Å². The van der Waals surface area contributed by atoms with Gasteiger partial charge in [0.2, 0.25) is 0 Å². The number of aliphatic hydroxyl groups is 3. The minimum atomic E-state index is -1.69. The van der Waals surface area contributed by atoms with Crippen molar-refractivity contribution in [3.8, 4) is 74.7 Å². The minimum Gasteiger partial charge on any atom is -0.508 e. The van der Waals surface area contributed by atoms with Gasteiger partial charge in [0.15, 0.2) is 46.7 Å². The normalized spacial score (nSPS) is 24.0. The van der Waals surface area contributed by atoms with Gasteiger partial charge in [-0.15, -0.1) is 0 Å². The van der Waals surface area contributed by atoms with Crippen molar-refractivity contribution in [1.29, 1.82) is 0 Å². The summed E-state index contributed by atoms with van der Waals surface area (Å²) in [4.78, 5) is 0. The summed E-state index contributed by atoms with van der Waals surface area (Å²) >= 11 is 0. The molecule has 0 aliphatic carbocycles. The van der Waals surface area contributed by atoms with E-state index in [4.69, 9.17) is 14.2 Å². The third kappa shape index (κ3) is 6.35. The molecule has 3 heterocycles. The first-order valence-electron chi connectivity index (χ1n) is 19.0. The molecule has 16 heteroatoms. The molecule has 0 unspecified atom stereocenters. The van der Waals surface area contributed by atoms with Crippen molar-refractivity contribution in [2.24, 2.45) is 0 Å². The highest BCUT2D eigenvalue weighted by molar-refractivity contribution is 5.71. The van der Waals surface area contributed by atoms with Crippen LogP contribution in [0.1, 0.15) is 74.7 Å². The fourth-order valence-corrected chi connectivity index (χ4v) is 8.77. The number of phenols is 10. The lowest BCUT2D eigenvalue weighted by molar-refractivity contribution is -0.00676. The van der Waals surface area contributed by atoms with Crippen LogP contribution in [-0.4, -0.2) is 84.7 Å². The van der Waals surface area contributed by atoms with E-state index in [0.717, 1.165) is 12.1 Å². The van der Waals surface area contributed by atoms with E-state index < -0.39 is 94.5 Å². The summed E-state index contributed by atoms with van der Waals surface area (Å²) < 4.78 is 19.4. The minimum absolute atomic E-state index is 0.00550. The third-order valence-electron chi connectivity index (χ3n) is 11.6. The molecule has 9 rings (SSSR count). The summed E-state index contributed by atoms with van der Waals surface area (Å²) in [5.74, 6) is -7.62. The smallest absolute Gasteiger partial charge is 0.157 e. The molecule has 3 aliphatic rings. The summed E-state index contributed by atoms with van der Waals surface area (Å²) in [7, 11) is 0. The number of fused-ring (bicyclic) bond motifs is 4. The standard InChI is InChI=1S/C45H38O16/c46-20-4-6-22(28(51)14-20)34-36-38(56)37(35-23-7-5-21(47)15-33(23)59-42(40(35)58)18-2-9-26(49)30(53)12-18)44-24(16-32(55)41(60-44)17-1-8-25(48)29(52)11-17)45(36)61-43(39(34)57)19-3-10-27(50)31(54)13-19/h1-15,32,34-35,39-43,46-58H,16H2/t32-,34+,35+,39+,40+,41-,42-,43-/m1/s1. The fraction of sp³-hybridized carbons (Fsp3) is 0.200. The van der Waals surface area contributed by atoms with Crippen molar-refractivity contribution in [3.05, 3.63) is 136 Å². The molecule has 6 aromatic carbocycles. The number of aromatic hydroxyl groups is 10. The van der Waals surface area contributed by atoms with Crippen molar-refractivity contribution in [2.45, 2.75) is 54.9 Å². The van der Waals surface area contributed by atoms with E-state index in [9.17, 15) is 66.4 Å². The summed E-state index contributed by atoms with van der Waals surface area (Å²) in [6.07, 6.45) is -9.09. The number of hydrogen-bond acceptors (Lipinski definition) is 16. The van der Waals surface area contributed by atoms with Gasteiger partial charge in [0.1, 0.15) is 58.6 Å². The number of phenolic OH excluding ortho intramolecular Hbond substituents is 10. The molecular formula is C45H38O16. The number of aliphatic hydroxyl groups excluding tert-OH is 3. The zero-order chi connectivity index (χ0) is 43.2. The second-order valence-corrected chi connectivity index (χ2v) is 15.3. The Hall–Kier alpha value is -7.40. The van der Waals surface area contributed by atoms with Gasteiger partial charge in [0, 0.05) is 58.2 Å². The van der Waals surface area contributed by atoms with Crippen LogP contribution >= 0.6 is 0 Å². The number of benzene rings is 6. The Labute approximate surface area is 345 Å². The molecule has 314 valence electrons. The van der Waals surface area contributed by atoms with Gasteiger partial charge >= 0.3 is 0 Å². The Morgan fingerprint density at radius 2 is 0.852 bits per heavy atom. The fourth-order valence-electron chi connectivity index (χ4n) is 8.77. The Kier molecular flexibility index (Phi) is 9.23. The SMILES string of the molecule is Oc1ccc([C@H]2c3c(O)c([C@@H]4c5ccc(O)cc5O[C@H](c5ccc(O)c(O)c5)[C@H]4O)c4c(c3O[C@H](c3ccc(O)c(O)c3)[C@H]2O)C[C@@H](O)[C@@H](c2ccc(O)c(O)c2)O4)c(O)c1. The lowest BCUT2D eigenvalue weighted by Crippen LogP contribution is -2.39. The van der Waals surface area contributed by atoms with E-state index in [1.807, 2.05) is 0 Å². The second-order valence-electron chi connectivity index (χ2n) is 15.3. The van der Waals surface area contributed by atoms with Crippen LogP contribution in [0.5, 0.6) is 74.7 Å². The number of rotatable bonds is 5. The first-order chi connectivity index (χ1) is 29.1. The molecule has 8 atom stereocenters. The summed E-state index contributed by atoms with van der Waals surface area (Å²) in [5, 5.41) is 144. The molecule has 0 saturated heterocycles. The first-order valence-corrected chi connectivity index (χ1v) is 19.0. The number of hydrogen-bond donors (Lipinski definition) is 13. The zero-order valence-electron chi connectivity index (χ0n) is 31.5. The quantitative estimate of drug-likeness (QED) is 0.101. The third-order valence-corrected chi connectivity index (χ3v) is 11.6. The van der Waals surface area contributed by atoms with Gasteiger partial charge < -0.3 is 80.6 Å². The van der Waals surface area contributed by atoms with E-state index in [1.54, 1.807) is 0 Å². The molecule has 0 amide bonds. The predicted molar refractivity (Wildman–Crippen MR) is 211 cm³/mol. The average molecular weight is 835 g/mol. The van der Waals surface area contributed by atoms with Gasteiger partial charge in [-0.1, -0.05) is 30.3 Å². The Morgan fingerprint density at radius 3 is 1.36 bits per heavy atom. The van der Waals surface area contributed by atoms with E-state index in [1.165, 1.54) is 78.9 Å². The lowest BCUT2D eigenvalue weighted by Gasteiger charge is -2.44. The Bertz CT molecular complexity index is 2730. The van der Waals surface area contributed by atoms with Crippen LogP contribution in [0.25, 0.3) is 0 Å². The van der Waals surface area contributed by atoms with Gasteiger partial charge in [-0.3, -0.25) is 0 Å². The highest BCUT2D eigenvalue weighted by Gasteiger charge is 2.50. The van der Waals surface area contributed by atoms with Crippen LogP contribution in [0.15, 0.2) is 91.0 Å². The highest BCUT2D eigenvalue weighted by Crippen LogP contribution is 2.62. The molecule has 3 aliphatic heterocycles. The maximum absolute atomic E-state index is 12.9. The Morgan fingerprint density at radius 1 is 0.410 bits per heavy atom. The largest absolute Gasteiger partial charge is 0.508 e. The first kappa shape index (κ1) is 39.1. The lowest BCUT2D eigenvalue weighted by atomic mass is 9.73. The van der Waals surface area contributed by atoms with Crippen LogP contribution < -0.4 is 14.2 Å².